The van der Waals surface area contributed by atoms with Gasteiger partial charge in [-0.3, -0.25) is 9.88 Å². The quantitative estimate of drug-likeness (QED) is 0.941. The van der Waals surface area contributed by atoms with Crippen molar-refractivity contribution in [1.29, 1.82) is 0 Å². The zero-order valence-corrected chi connectivity index (χ0v) is 12.7. The molecule has 1 fully saturated rings. The lowest BCUT2D eigenvalue weighted by Crippen LogP contribution is -2.25. The number of benzene rings is 1. The van der Waals surface area contributed by atoms with Crippen molar-refractivity contribution in [2.45, 2.75) is 25.1 Å². The van der Waals surface area contributed by atoms with Gasteiger partial charge in [0.15, 0.2) is 0 Å². The summed E-state index contributed by atoms with van der Waals surface area (Å²) in [6.45, 7) is 0.814. The van der Waals surface area contributed by atoms with Crippen molar-refractivity contribution < 1.29 is 18.6 Å². The minimum Gasteiger partial charge on any atom is -0.497 e. The molecular formula is C17H18F2N2O2. The largest absolute Gasteiger partial charge is 0.497 e. The van der Waals surface area contributed by atoms with E-state index < -0.39 is 17.7 Å². The van der Waals surface area contributed by atoms with E-state index in [9.17, 15) is 13.9 Å². The number of aromatic nitrogens is 1. The number of hydrogen-bond donors (Lipinski definition) is 1. The van der Waals surface area contributed by atoms with E-state index >= 15 is 0 Å². The first-order chi connectivity index (χ1) is 11.1. The molecule has 0 saturated carbocycles. The summed E-state index contributed by atoms with van der Waals surface area (Å²) in [5.41, 5.74) is 1.02. The normalized spacial score (nSPS) is 21.6. The molecule has 0 amide bonds. The second-order valence-electron chi connectivity index (χ2n) is 5.69. The Balaban J connectivity index is 1.86. The van der Waals surface area contributed by atoms with Crippen LogP contribution in [0.5, 0.6) is 5.75 Å². The molecule has 2 heterocycles. The van der Waals surface area contributed by atoms with Crippen LogP contribution in [-0.2, 0) is 6.54 Å². The van der Waals surface area contributed by atoms with Crippen LogP contribution in [0.2, 0.25) is 0 Å². The van der Waals surface area contributed by atoms with Crippen LogP contribution in [-0.4, -0.2) is 34.7 Å². The molecule has 1 aromatic carbocycles. The number of methoxy groups -OCH3 is 1. The van der Waals surface area contributed by atoms with Crippen molar-refractivity contribution >= 4 is 0 Å². The van der Waals surface area contributed by atoms with Crippen molar-refractivity contribution in [3.05, 3.63) is 59.4 Å². The van der Waals surface area contributed by atoms with Crippen molar-refractivity contribution in [3.63, 3.8) is 0 Å². The van der Waals surface area contributed by atoms with Gasteiger partial charge < -0.3 is 9.84 Å². The van der Waals surface area contributed by atoms with E-state index in [4.69, 9.17) is 4.74 Å². The molecule has 23 heavy (non-hydrogen) atoms. The number of pyridine rings is 1. The first-order valence-electron chi connectivity index (χ1n) is 7.43. The fraction of sp³-hybridized carbons (Fsp3) is 0.353. The molecule has 1 aromatic heterocycles. The summed E-state index contributed by atoms with van der Waals surface area (Å²) in [5.74, 6) is -0.264. The third-order valence-electron chi connectivity index (χ3n) is 4.09. The predicted octanol–water partition coefficient (Wildman–Crippen LogP) is 2.68. The molecule has 0 spiro atoms. The number of hydrogen-bond acceptors (Lipinski definition) is 4. The van der Waals surface area contributed by atoms with Gasteiger partial charge in [-0.05, 0) is 30.7 Å². The van der Waals surface area contributed by atoms with Crippen LogP contribution < -0.4 is 4.74 Å². The van der Waals surface area contributed by atoms with Gasteiger partial charge >= 0.3 is 0 Å². The standard InChI is InChI=1S/C17H18F2N2O2/c1-23-14-4-5-20-12(7-14)9-21-10-13(22)8-17(21)15-6-11(18)2-3-16(15)19/h2-7,13,17,22H,8-10H2,1H3/t13-,17-/m1/s1. The van der Waals surface area contributed by atoms with Crippen LogP contribution in [0.15, 0.2) is 36.5 Å². The summed E-state index contributed by atoms with van der Waals surface area (Å²) in [7, 11) is 1.57. The zero-order valence-electron chi connectivity index (χ0n) is 12.7. The maximum absolute atomic E-state index is 14.1. The molecule has 1 saturated heterocycles. The van der Waals surface area contributed by atoms with Gasteiger partial charge in [-0.15, -0.1) is 0 Å². The van der Waals surface area contributed by atoms with Crippen LogP contribution >= 0.6 is 0 Å². The molecular weight excluding hydrogens is 302 g/mol. The highest BCUT2D eigenvalue weighted by Crippen LogP contribution is 2.35. The molecule has 0 unspecified atom stereocenters. The van der Waals surface area contributed by atoms with Crippen LogP contribution in [0.4, 0.5) is 8.78 Å². The molecule has 6 heteroatoms. The number of aliphatic hydroxyl groups is 1. The zero-order chi connectivity index (χ0) is 16.4. The minimum absolute atomic E-state index is 0.268. The molecule has 4 nitrogen and oxygen atoms in total. The molecule has 122 valence electrons. The van der Waals surface area contributed by atoms with Gasteiger partial charge in [0.05, 0.1) is 18.9 Å². The Bertz CT molecular complexity index is 696. The van der Waals surface area contributed by atoms with E-state index in [1.165, 1.54) is 6.07 Å². The van der Waals surface area contributed by atoms with E-state index in [1.807, 2.05) is 4.90 Å². The number of likely N-dealkylation sites (tertiary alicyclic amines) is 1. The van der Waals surface area contributed by atoms with Gasteiger partial charge in [-0.1, -0.05) is 0 Å². The van der Waals surface area contributed by atoms with E-state index in [2.05, 4.69) is 4.98 Å². The monoisotopic (exact) mass is 320 g/mol. The Morgan fingerprint density at radius 1 is 1.30 bits per heavy atom. The summed E-state index contributed by atoms with van der Waals surface area (Å²) >= 11 is 0. The van der Waals surface area contributed by atoms with Gasteiger partial charge in [0.2, 0.25) is 0 Å². The Hall–Kier alpha value is -2.05. The van der Waals surface area contributed by atoms with Crippen molar-refractivity contribution in [3.8, 4) is 5.75 Å². The molecule has 0 radical (unpaired) electrons. The highest BCUT2D eigenvalue weighted by Gasteiger charge is 2.34. The third-order valence-corrected chi connectivity index (χ3v) is 4.09. The number of β-amino-alcohol motifs (C(OH)–C–C–N with tert-alkyl or cyclic N) is 1. The second kappa shape index (κ2) is 6.60. The minimum atomic E-state index is -0.576. The van der Waals surface area contributed by atoms with Crippen LogP contribution in [0.25, 0.3) is 0 Å². The molecule has 3 rings (SSSR count). The predicted molar refractivity (Wildman–Crippen MR) is 80.9 cm³/mol. The first kappa shape index (κ1) is 15.8. The van der Waals surface area contributed by atoms with Gasteiger partial charge in [0.25, 0.3) is 0 Å². The molecule has 2 aromatic rings. The van der Waals surface area contributed by atoms with Crippen molar-refractivity contribution in [1.82, 2.24) is 9.88 Å². The number of nitrogens with zero attached hydrogens (tertiary/aromatic N) is 2. The lowest BCUT2D eigenvalue weighted by atomic mass is 10.0. The molecule has 2 atom stereocenters. The molecule has 0 bridgehead atoms. The van der Waals surface area contributed by atoms with E-state index in [-0.39, 0.29) is 11.6 Å². The number of halogens is 2. The summed E-state index contributed by atoms with van der Waals surface area (Å²) in [6, 6.07) is 6.57. The number of rotatable bonds is 4. The number of ether oxygens (including phenoxy) is 1. The molecule has 1 aliphatic rings. The van der Waals surface area contributed by atoms with Crippen LogP contribution in [0.3, 0.4) is 0 Å². The lowest BCUT2D eigenvalue weighted by molar-refractivity contribution is 0.172. The molecule has 1 N–H and O–H groups in total. The summed E-state index contributed by atoms with van der Waals surface area (Å²) < 4.78 is 32.7. The second-order valence-corrected chi connectivity index (χ2v) is 5.69. The van der Waals surface area contributed by atoms with E-state index in [1.54, 1.807) is 25.4 Å². The average Bonchev–Trinajstić information content (AvgIpc) is 2.90. The maximum atomic E-state index is 14.1. The third kappa shape index (κ3) is 3.48. The van der Waals surface area contributed by atoms with E-state index in [0.29, 0.717) is 25.3 Å². The Morgan fingerprint density at radius 2 is 2.13 bits per heavy atom. The fourth-order valence-corrected chi connectivity index (χ4v) is 3.03. The van der Waals surface area contributed by atoms with Crippen molar-refractivity contribution in [2.24, 2.45) is 0 Å². The summed E-state index contributed by atoms with van der Waals surface area (Å²) in [4.78, 5) is 6.18. The van der Waals surface area contributed by atoms with Gasteiger partial charge in [0, 0.05) is 37.0 Å². The Morgan fingerprint density at radius 3 is 2.91 bits per heavy atom. The molecule has 0 aliphatic carbocycles. The summed E-state index contributed by atoms with van der Waals surface area (Å²) in [6.07, 6.45) is 1.43. The van der Waals surface area contributed by atoms with Gasteiger partial charge in [-0.25, -0.2) is 8.78 Å². The highest BCUT2D eigenvalue weighted by molar-refractivity contribution is 5.25. The van der Waals surface area contributed by atoms with E-state index in [0.717, 1.165) is 17.8 Å². The highest BCUT2D eigenvalue weighted by atomic mass is 19.1. The topological polar surface area (TPSA) is 45.6 Å². The van der Waals surface area contributed by atoms with Crippen molar-refractivity contribution in [2.75, 3.05) is 13.7 Å². The van der Waals surface area contributed by atoms with Crippen LogP contribution in [0, 0.1) is 11.6 Å². The SMILES string of the molecule is COc1ccnc(CN2C[C@H](O)C[C@@H]2c2cc(F)ccc2F)c1. The average molecular weight is 320 g/mol. The van der Waals surface area contributed by atoms with Gasteiger partial charge in [0.1, 0.15) is 17.4 Å². The fourth-order valence-electron chi connectivity index (χ4n) is 3.03. The lowest BCUT2D eigenvalue weighted by Gasteiger charge is -2.24. The number of aliphatic hydroxyl groups excluding tert-OH is 1. The smallest absolute Gasteiger partial charge is 0.128 e. The van der Waals surface area contributed by atoms with Gasteiger partial charge in [-0.2, -0.15) is 0 Å². The Kier molecular flexibility index (Phi) is 4.54. The maximum Gasteiger partial charge on any atom is 0.128 e. The first-order valence-corrected chi connectivity index (χ1v) is 7.43. The van der Waals surface area contributed by atoms with Crippen LogP contribution in [0.1, 0.15) is 23.7 Å². The molecule has 1 aliphatic heterocycles. The summed E-state index contributed by atoms with van der Waals surface area (Å²) in [5, 5.41) is 9.97. The Labute approximate surface area is 133 Å².